The first kappa shape index (κ1) is 18.6. The number of nitrogen functional groups attached to an aromatic ring is 1. The van der Waals surface area contributed by atoms with E-state index in [-0.39, 0.29) is 0 Å². The van der Waals surface area contributed by atoms with Crippen LogP contribution in [0, 0.1) is 6.92 Å². The number of nitrogens with two attached hydrogens (primary N) is 1. The van der Waals surface area contributed by atoms with Crippen LogP contribution in [0.3, 0.4) is 0 Å². The number of aryl methyl sites for hydroxylation is 2. The van der Waals surface area contributed by atoms with Crippen molar-refractivity contribution >= 4 is 5.69 Å². The van der Waals surface area contributed by atoms with E-state index in [1.165, 1.54) is 73.6 Å². The molecule has 24 heavy (non-hydrogen) atoms. The van der Waals surface area contributed by atoms with E-state index < -0.39 is 0 Å². The Labute approximate surface area is 148 Å². The maximum absolute atomic E-state index is 5.83. The topological polar surface area (TPSA) is 26.0 Å². The van der Waals surface area contributed by atoms with Crippen LogP contribution in [0.5, 0.6) is 0 Å². The first-order chi connectivity index (χ1) is 11.7. The Hall–Kier alpha value is -1.76. The van der Waals surface area contributed by atoms with E-state index in [0.717, 1.165) is 12.1 Å². The lowest BCUT2D eigenvalue weighted by Gasteiger charge is -2.08. The summed E-state index contributed by atoms with van der Waals surface area (Å²) in [6.45, 7) is 4.42. The van der Waals surface area contributed by atoms with Crippen molar-refractivity contribution in [3.8, 4) is 0 Å². The zero-order chi connectivity index (χ0) is 17.2. The summed E-state index contributed by atoms with van der Waals surface area (Å²) in [6.07, 6.45) is 11.9. The van der Waals surface area contributed by atoms with Crippen LogP contribution in [0.25, 0.3) is 0 Å². The summed E-state index contributed by atoms with van der Waals surface area (Å²) in [5.41, 5.74) is 12.2. The molecule has 0 aromatic heterocycles. The molecule has 0 spiro atoms. The van der Waals surface area contributed by atoms with Gasteiger partial charge in [0.2, 0.25) is 0 Å². The van der Waals surface area contributed by atoms with Gasteiger partial charge in [-0.25, -0.2) is 0 Å². The Morgan fingerprint density at radius 1 is 0.750 bits per heavy atom. The molecule has 1 nitrogen and oxygen atoms in total. The van der Waals surface area contributed by atoms with Crippen LogP contribution in [-0.2, 0) is 12.8 Å². The van der Waals surface area contributed by atoms with Crippen LogP contribution in [0.15, 0.2) is 42.5 Å². The molecule has 0 fully saturated rings. The average Bonchev–Trinajstić information content (AvgIpc) is 2.58. The summed E-state index contributed by atoms with van der Waals surface area (Å²) < 4.78 is 0. The fourth-order valence-electron chi connectivity index (χ4n) is 3.25. The second-order valence-electron chi connectivity index (χ2n) is 7.05. The van der Waals surface area contributed by atoms with Gasteiger partial charge in [0.25, 0.3) is 0 Å². The summed E-state index contributed by atoms with van der Waals surface area (Å²) in [7, 11) is 0. The average molecular weight is 324 g/mol. The molecule has 0 aliphatic rings. The van der Waals surface area contributed by atoms with Gasteiger partial charge >= 0.3 is 0 Å². The van der Waals surface area contributed by atoms with Gasteiger partial charge in [0.05, 0.1) is 0 Å². The Morgan fingerprint density at radius 3 is 2.04 bits per heavy atom. The second-order valence-corrected chi connectivity index (χ2v) is 7.05. The molecule has 0 atom stereocenters. The quantitative estimate of drug-likeness (QED) is 0.394. The van der Waals surface area contributed by atoms with E-state index in [1.54, 1.807) is 0 Å². The van der Waals surface area contributed by atoms with Crippen molar-refractivity contribution in [2.45, 2.75) is 71.6 Å². The van der Waals surface area contributed by atoms with Crippen molar-refractivity contribution in [1.29, 1.82) is 0 Å². The van der Waals surface area contributed by atoms with Crippen molar-refractivity contribution in [2.24, 2.45) is 0 Å². The summed E-state index contributed by atoms with van der Waals surface area (Å²) in [5, 5.41) is 0. The summed E-state index contributed by atoms with van der Waals surface area (Å²) in [5.74, 6) is 0. The molecule has 130 valence electrons. The normalized spacial score (nSPS) is 10.9. The number of hydrogen-bond donors (Lipinski definition) is 1. The third-order valence-electron chi connectivity index (χ3n) is 4.85. The number of unbranched alkanes of at least 4 members (excludes halogenated alkanes) is 6. The molecular weight excluding hydrogens is 290 g/mol. The van der Waals surface area contributed by atoms with E-state index in [1.807, 2.05) is 6.07 Å². The van der Waals surface area contributed by atoms with Crippen molar-refractivity contribution in [3.63, 3.8) is 0 Å². The third-order valence-corrected chi connectivity index (χ3v) is 4.85. The van der Waals surface area contributed by atoms with Gasteiger partial charge in [-0.1, -0.05) is 75.8 Å². The maximum atomic E-state index is 5.83. The lowest BCUT2D eigenvalue weighted by molar-refractivity contribution is 0.589. The fraction of sp³-hybridized carbons (Fsp3) is 0.478. The molecule has 2 N–H and O–H groups in total. The SMILES string of the molecule is CCCCCCCCCc1ccc(Cc2ccc(N)cc2C)cc1. The van der Waals surface area contributed by atoms with Gasteiger partial charge in [-0.2, -0.15) is 0 Å². The Morgan fingerprint density at radius 2 is 1.38 bits per heavy atom. The summed E-state index contributed by atoms with van der Waals surface area (Å²) >= 11 is 0. The van der Waals surface area contributed by atoms with Crippen LogP contribution in [0.4, 0.5) is 5.69 Å². The van der Waals surface area contributed by atoms with Crippen molar-refractivity contribution in [2.75, 3.05) is 5.73 Å². The highest BCUT2D eigenvalue weighted by Gasteiger charge is 2.02. The lowest BCUT2D eigenvalue weighted by Crippen LogP contribution is -1.95. The molecule has 0 heterocycles. The van der Waals surface area contributed by atoms with Crippen LogP contribution >= 0.6 is 0 Å². The van der Waals surface area contributed by atoms with E-state index in [9.17, 15) is 0 Å². The third kappa shape index (κ3) is 6.39. The van der Waals surface area contributed by atoms with Gasteiger partial charge in [0.1, 0.15) is 0 Å². The molecule has 2 rings (SSSR count). The highest BCUT2D eigenvalue weighted by molar-refractivity contribution is 5.45. The molecule has 0 unspecified atom stereocenters. The Bertz CT molecular complexity index is 598. The maximum Gasteiger partial charge on any atom is 0.0316 e. The minimum Gasteiger partial charge on any atom is -0.399 e. The van der Waals surface area contributed by atoms with Gasteiger partial charge in [-0.05, 0) is 60.6 Å². The summed E-state index contributed by atoms with van der Waals surface area (Å²) in [4.78, 5) is 0. The van der Waals surface area contributed by atoms with Crippen molar-refractivity contribution < 1.29 is 0 Å². The minimum absolute atomic E-state index is 0.848. The van der Waals surface area contributed by atoms with Crippen molar-refractivity contribution in [3.05, 3.63) is 64.7 Å². The number of hydrogen-bond acceptors (Lipinski definition) is 1. The first-order valence-electron chi connectivity index (χ1n) is 9.62. The zero-order valence-electron chi connectivity index (χ0n) is 15.5. The molecule has 0 saturated carbocycles. The molecule has 2 aromatic rings. The first-order valence-corrected chi connectivity index (χ1v) is 9.62. The number of anilines is 1. The second kappa shape index (κ2) is 10.2. The molecule has 2 aromatic carbocycles. The minimum atomic E-state index is 0.848. The van der Waals surface area contributed by atoms with Crippen molar-refractivity contribution in [1.82, 2.24) is 0 Å². The van der Waals surface area contributed by atoms with Gasteiger partial charge in [0, 0.05) is 5.69 Å². The van der Waals surface area contributed by atoms with Gasteiger partial charge in [-0.15, -0.1) is 0 Å². The van der Waals surface area contributed by atoms with Crippen LogP contribution in [0.2, 0.25) is 0 Å². The predicted molar refractivity (Wildman–Crippen MR) is 107 cm³/mol. The highest BCUT2D eigenvalue weighted by atomic mass is 14.5. The van der Waals surface area contributed by atoms with Gasteiger partial charge < -0.3 is 5.73 Å². The van der Waals surface area contributed by atoms with E-state index in [2.05, 4.69) is 50.2 Å². The molecule has 0 amide bonds. The lowest BCUT2D eigenvalue weighted by atomic mass is 9.98. The van der Waals surface area contributed by atoms with E-state index in [0.29, 0.717) is 0 Å². The molecule has 0 aliphatic heterocycles. The monoisotopic (exact) mass is 323 g/mol. The Kier molecular flexibility index (Phi) is 7.88. The smallest absolute Gasteiger partial charge is 0.0316 e. The molecule has 0 bridgehead atoms. The fourth-order valence-corrected chi connectivity index (χ4v) is 3.25. The highest BCUT2D eigenvalue weighted by Crippen LogP contribution is 2.18. The van der Waals surface area contributed by atoms with Crippen LogP contribution in [-0.4, -0.2) is 0 Å². The van der Waals surface area contributed by atoms with Crippen LogP contribution < -0.4 is 5.73 Å². The van der Waals surface area contributed by atoms with Crippen LogP contribution in [0.1, 0.15) is 74.1 Å². The molecular formula is C23H33N. The largest absolute Gasteiger partial charge is 0.399 e. The standard InChI is InChI=1S/C23H33N/c1-3-4-5-6-7-8-9-10-20-11-13-21(14-12-20)18-22-15-16-23(24)17-19(22)2/h11-17H,3-10,18,24H2,1-2H3. The zero-order valence-corrected chi connectivity index (χ0v) is 15.5. The molecule has 0 aliphatic carbocycles. The van der Waals surface area contributed by atoms with Gasteiger partial charge in [0.15, 0.2) is 0 Å². The molecule has 0 saturated heterocycles. The Balaban J connectivity index is 1.74. The van der Waals surface area contributed by atoms with E-state index >= 15 is 0 Å². The molecule has 0 radical (unpaired) electrons. The number of benzene rings is 2. The van der Waals surface area contributed by atoms with E-state index in [4.69, 9.17) is 5.73 Å². The summed E-state index contributed by atoms with van der Waals surface area (Å²) in [6, 6.07) is 15.4. The predicted octanol–water partition coefficient (Wildman–Crippen LogP) is 6.46. The molecule has 1 heteroatoms. The number of rotatable bonds is 10. The van der Waals surface area contributed by atoms with Gasteiger partial charge in [-0.3, -0.25) is 0 Å².